The molecule has 0 saturated carbocycles. The van der Waals surface area contributed by atoms with Crippen molar-refractivity contribution in [1.82, 2.24) is 4.90 Å². The van der Waals surface area contributed by atoms with Gasteiger partial charge in [-0.1, -0.05) is 15.9 Å². The average molecular weight is 327 g/mol. The number of carbonyl (C=O) groups excluding carboxylic acids is 1. The fourth-order valence-corrected chi connectivity index (χ4v) is 2.99. The van der Waals surface area contributed by atoms with E-state index in [-0.39, 0.29) is 17.6 Å². The van der Waals surface area contributed by atoms with Crippen LogP contribution in [0.2, 0.25) is 0 Å². The van der Waals surface area contributed by atoms with Crippen molar-refractivity contribution in [1.29, 1.82) is 0 Å². The number of nitro groups is 1. The molecule has 1 saturated heterocycles. The summed E-state index contributed by atoms with van der Waals surface area (Å²) in [6.45, 7) is 0.756. The average Bonchev–Trinajstić information content (AvgIpc) is 2.46. The Kier molecular flexibility index (Phi) is 4.52. The number of halogens is 1. The Morgan fingerprint density at radius 2 is 2.05 bits per heavy atom. The van der Waals surface area contributed by atoms with Crippen LogP contribution in [0.15, 0.2) is 24.3 Å². The highest BCUT2D eigenvalue weighted by atomic mass is 79.9. The Hall–Kier alpha value is -1.43. The van der Waals surface area contributed by atoms with E-state index in [4.69, 9.17) is 0 Å². The van der Waals surface area contributed by atoms with Crippen molar-refractivity contribution in [3.8, 4) is 0 Å². The molecule has 19 heavy (non-hydrogen) atoms. The van der Waals surface area contributed by atoms with Crippen LogP contribution in [0.4, 0.5) is 5.69 Å². The van der Waals surface area contributed by atoms with Crippen LogP contribution >= 0.6 is 15.9 Å². The molecule has 0 radical (unpaired) electrons. The fraction of sp³-hybridized carbons (Fsp3) is 0.462. The first-order chi connectivity index (χ1) is 9.13. The molecule has 1 heterocycles. The van der Waals surface area contributed by atoms with Gasteiger partial charge in [-0.2, -0.15) is 0 Å². The second-order valence-corrected chi connectivity index (χ2v) is 5.25. The summed E-state index contributed by atoms with van der Waals surface area (Å²) >= 11 is 3.44. The molecule has 1 aromatic carbocycles. The van der Waals surface area contributed by atoms with Crippen LogP contribution in [-0.4, -0.2) is 33.6 Å². The number of piperidine rings is 1. The molecule has 5 nitrogen and oxygen atoms in total. The first kappa shape index (κ1) is 14.0. The highest BCUT2D eigenvalue weighted by molar-refractivity contribution is 9.09. The molecule has 0 spiro atoms. The lowest BCUT2D eigenvalue weighted by Gasteiger charge is -2.34. The van der Waals surface area contributed by atoms with Crippen LogP contribution in [0.1, 0.15) is 29.6 Å². The van der Waals surface area contributed by atoms with E-state index in [1.807, 2.05) is 4.90 Å². The number of nitrogens with zero attached hydrogens (tertiary/aromatic N) is 2. The summed E-state index contributed by atoms with van der Waals surface area (Å²) in [5.74, 6) is -0.0425. The molecule has 1 aliphatic heterocycles. The van der Waals surface area contributed by atoms with Crippen LogP contribution in [0.3, 0.4) is 0 Å². The molecule has 1 fully saturated rings. The maximum absolute atomic E-state index is 12.4. The summed E-state index contributed by atoms with van der Waals surface area (Å²) in [4.78, 5) is 24.4. The van der Waals surface area contributed by atoms with E-state index in [1.54, 1.807) is 0 Å². The van der Waals surface area contributed by atoms with Gasteiger partial charge in [0.15, 0.2) is 0 Å². The molecular formula is C13H15BrN2O3. The molecule has 1 aromatic rings. The molecule has 1 unspecified atom stereocenters. The number of non-ortho nitro benzene ring substituents is 1. The van der Waals surface area contributed by atoms with Gasteiger partial charge in [0.25, 0.3) is 11.6 Å². The number of rotatable bonds is 3. The highest BCUT2D eigenvalue weighted by Gasteiger charge is 2.26. The van der Waals surface area contributed by atoms with Crippen LogP contribution in [-0.2, 0) is 0 Å². The van der Waals surface area contributed by atoms with Crippen molar-refractivity contribution in [2.24, 2.45) is 0 Å². The summed E-state index contributed by atoms with van der Waals surface area (Å²) in [5.41, 5.74) is 0.519. The first-order valence-corrected chi connectivity index (χ1v) is 7.37. The third-order valence-corrected chi connectivity index (χ3v) is 4.14. The van der Waals surface area contributed by atoms with E-state index < -0.39 is 4.92 Å². The normalized spacial score (nSPS) is 19.2. The van der Waals surface area contributed by atoms with Gasteiger partial charge in [0.05, 0.1) is 4.92 Å². The van der Waals surface area contributed by atoms with Crippen molar-refractivity contribution in [2.75, 3.05) is 11.9 Å². The maximum atomic E-state index is 12.4. The number of hydrogen-bond donors (Lipinski definition) is 0. The molecule has 1 atom stereocenters. The Bertz CT molecular complexity index is 475. The molecule has 1 amide bonds. The van der Waals surface area contributed by atoms with Gasteiger partial charge in [0.2, 0.25) is 0 Å². The van der Waals surface area contributed by atoms with Gasteiger partial charge in [0.1, 0.15) is 0 Å². The predicted octanol–water partition coefficient (Wildman–Crippen LogP) is 2.98. The van der Waals surface area contributed by atoms with E-state index in [2.05, 4.69) is 15.9 Å². The second-order valence-electron chi connectivity index (χ2n) is 4.61. The number of likely N-dealkylation sites (tertiary alicyclic amines) is 1. The van der Waals surface area contributed by atoms with E-state index in [0.29, 0.717) is 5.56 Å². The van der Waals surface area contributed by atoms with E-state index >= 15 is 0 Å². The minimum atomic E-state index is -0.462. The van der Waals surface area contributed by atoms with Crippen molar-refractivity contribution >= 4 is 27.5 Å². The van der Waals surface area contributed by atoms with Gasteiger partial charge in [0, 0.05) is 35.6 Å². The fourth-order valence-electron chi connectivity index (χ4n) is 2.32. The van der Waals surface area contributed by atoms with Crippen LogP contribution in [0.5, 0.6) is 0 Å². The van der Waals surface area contributed by atoms with Crippen LogP contribution in [0.25, 0.3) is 0 Å². The Morgan fingerprint density at radius 3 is 2.63 bits per heavy atom. The Labute approximate surface area is 119 Å². The van der Waals surface area contributed by atoms with Crippen LogP contribution in [0, 0.1) is 10.1 Å². The third kappa shape index (κ3) is 3.12. The highest BCUT2D eigenvalue weighted by Crippen LogP contribution is 2.22. The van der Waals surface area contributed by atoms with Crippen LogP contribution < -0.4 is 0 Å². The molecule has 102 valence electrons. The maximum Gasteiger partial charge on any atom is 0.269 e. The number of hydrogen-bond acceptors (Lipinski definition) is 3. The SMILES string of the molecule is O=C(c1ccc([N+](=O)[O-])cc1)N1CCCCC1CBr. The van der Waals surface area contributed by atoms with Gasteiger partial charge >= 0.3 is 0 Å². The molecular weight excluding hydrogens is 312 g/mol. The number of amides is 1. The lowest BCUT2D eigenvalue weighted by atomic mass is 10.0. The molecule has 0 aliphatic carbocycles. The number of carbonyl (C=O) groups is 1. The Morgan fingerprint density at radius 1 is 1.37 bits per heavy atom. The van der Waals surface area contributed by atoms with E-state index in [0.717, 1.165) is 31.1 Å². The molecule has 0 aromatic heterocycles. The zero-order valence-corrected chi connectivity index (χ0v) is 12.0. The number of nitro benzene ring substituents is 1. The smallest absolute Gasteiger partial charge is 0.269 e. The summed E-state index contributed by atoms with van der Waals surface area (Å²) in [7, 11) is 0. The molecule has 1 aliphatic rings. The minimum Gasteiger partial charge on any atom is -0.335 e. The van der Waals surface area contributed by atoms with Gasteiger partial charge in [-0.3, -0.25) is 14.9 Å². The van der Waals surface area contributed by atoms with Crippen molar-refractivity contribution in [3.05, 3.63) is 39.9 Å². The zero-order chi connectivity index (χ0) is 13.8. The monoisotopic (exact) mass is 326 g/mol. The third-order valence-electron chi connectivity index (χ3n) is 3.39. The van der Waals surface area contributed by atoms with Crippen molar-refractivity contribution < 1.29 is 9.72 Å². The summed E-state index contributed by atoms with van der Waals surface area (Å²) < 4.78 is 0. The summed E-state index contributed by atoms with van der Waals surface area (Å²) in [5, 5.41) is 11.4. The molecule has 6 heteroatoms. The predicted molar refractivity (Wildman–Crippen MR) is 75.6 cm³/mol. The zero-order valence-electron chi connectivity index (χ0n) is 10.4. The number of benzene rings is 1. The van der Waals surface area contributed by atoms with E-state index in [9.17, 15) is 14.9 Å². The second kappa shape index (κ2) is 6.14. The molecule has 0 N–H and O–H groups in total. The lowest BCUT2D eigenvalue weighted by molar-refractivity contribution is -0.384. The topological polar surface area (TPSA) is 63.4 Å². The van der Waals surface area contributed by atoms with Gasteiger partial charge in [-0.05, 0) is 31.4 Å². The largest absolute Gasteiger partial charge is 0.335 e. The number of alkyl halides is 1. The van der Waals surface area contributed by atoms with Crippen molar-refractivity contribution in [3.63, 3.8) is 0 Å². The van der Waals surface area contributed by atoms with Gasteiger partial charge < -0.3 is 4.90 Å². The first-order valence-electron chi connectivity index (χ1n) is 6.25. The van der Waals surface area contributed by atoms with Gasteiger partial charge in [-0.15, -0.1) is 0 Å². The summed E-state index contributed by atoms with van der Waals surface area (Å²) in [6.07, 6.45) is 3.16. The van der Waals surface area contributed by atoms with E-state index in [1.165, 1.54) is 24.3 Å². The van der Waals surface area contributed by atoms with Crippen molar-refractivity contribution in [2.45, 2.75) is 25.3 Å². The minimum absolute atomic E-state index is 0.00670. The quantitative estimate of drug-likeness (QED) is 0.487. The Balaban J connectivity index is 2.16. The standard InChI is InChI=1S/C13H15BrN2O3/c14-9-12-3-1-2-8-15(12)13(17)10-4-6-11(7-5-10)16(18)19/h4-7,12H,1-3,8-9H2. The molecule has 0 bridgehead atoms. The molecule has 2 rings (SSSR count). The lowest BCUT2D eigenvalue weighted by Crippen LogP contribution is -2.44. The summed E-state index contributed by atoms with van der Waals surface area (Å²) in [6, 6.07) is 6.03. The van der Waals surface area contributed by atoms with Gasteiger partial charge in [-0.25, -0.2) is 0 Å².